The Morgan fingerprint density at radius 1 is 0.532 bits per heavy atom. The number of hydrogen-bond acceptors (Lipinski definition) is 17. The van der Waals surface area contributed by atoms with Gasteiger partial charge in [0.1, 0.15) is 65.9 Å². The molecule has 1 saturated heterocycles. The predicted molar refractivity (Wildman–Crippen MR) is 352 cm³/mol. The second-order valence-electron chi connectivity index (χ2n) is 22.3. The fraction of sp³-hybridized carbons (Fsp3) is 0.344. The number of primary amides is 2. The van der Waals surface area contributed by atoms with Crippen molar-refractivity contribution in [3.8, 4) is 11.5 Å². The highest BCUT2D eigenvalue weighted by molar-refractivity contribution is 8.76. The molecule has 0 radical (unpaired) electrons. The quantitative estimate of drug-likeness (QED) is 0.0169. The van der Waals surface area contributed by atoms with E-state index in [1.165, 1.54) is 43.3 Å². The van der Waals surface area contributed by atoms with E-state index < -0.39 is 132 Å². The van der Waals surface area contributed by atoms with E-state index in [-0.39, 0.29) is 80.5 Å². The third-order valence-corrected chi connectivity index (χ3v) is 17.2. The fourth-order valence-electron chi connectivity index (χ4n) is 9.64. The van der Waals surface area contributed by atoms with Gasteiger partial charge in [-0.15, -0.1) is 0 Å². The van der Waals surface area contributed by atoms with Gasteiger partial charge in [0.2, 0.25) is 65.0 Å². The van der Waals surface area contributed by atoms with Crippen LogP contribution in [0.4, 0.5) is 0 Å². The lowest BCUT2D eigenvalue weighted by molar-refractivity contribution is -0.136. The average molecular weight is 1330 g/mol. The maximum absolute atomic E-state index is 14.9. The Hall–Kier alpha value is -10.2. The molecule has 0 aliphatic carbocycles. The zero-order valence-electron chi connectivity index (χ0n) is 51.3. The number of guanidine groups is 1. The van der Waals surface area contributed by atoms with Crippen molar-refractivity contribution < 1.29 is 63.0 Å². The number of rotatable bonds is 21. The van der Waals surface area contributed by atoms with Gasteiger partial charge in [0.15, 0.2) is 5.96 Å². The first-order valence-corrected chi connectivity index (χ1v) is 32.5. The average Bonchev–Trinajstić information content (AvgIpc) is 0.943. The van der Waals surface area contributed by atoms with Crippen molar-refractivity contribution in [3.63, 3.8) is 0 Å². The number of benzene rings is 5. The molecular weight excluding hydrogens is 1250 g/mol. The number of phenols is 2. The third kappa shape index (κ3) is 24.4. The Balaban J connectivity index is 1.44. The Morgan fingerprint density at radius 2 is 0.957 bits per heavy atom. The van der Waals surface area contributed by atoms with E-state index in [4.69, 9.17) is 28.3 Å². The summed E-state index contributed by atoms with van der Waals surface area (Å²) < 4.78 is 0. The molecule has 2 unspecified atom stereocenters. The second kappa shape index (κ2) is 36.7. The maximum atomic E-state index is 14.9. The molecule has 5 aromatic carbocycles. The summed E-state index contributed by atoms with van der Waals surface area (Å²) in [6.07, 6.45) is -1.69. The normalized spacial score (nSPS) is 21.3. The molecule has 0 aromatic heterocycles. The number of carbonyl (C=O) groups is 11. The van der Waals surface area contributed by atoms with E-state index in [2.05, 4.69) is 53.2 Å². The van der Waals surface area contributed by atoms with Crippen LogP contribution in [0.3, 0.4) is 0 Å². The van der Waals surface area contributed by atoms with Crippen LogP contribution in [0.2, 0.25) is 0 Å². The van der Waals surface area contributed by atoms with Crippen LogP contribution in [0, 0.1) is 5.41 Å². The molecule has 0 saturated carbocycles. The lowest BCUT2D eigenvalue weighted by Crippen LogP contribution is -2.61. The number of carbonyl (C=O) groups excluding carboxylic acids is 11. The Bertz CT molecular complexity index is 3430. The number of amides is 11. The largest absolute Gasteiger partial charge is 0.508 e. The monoisotopic (exact) mass is 1330 g/mol. The topological polar surface area (TPSA) is 476 Å². The van der Waals surface area contributed by atoms with E-state index in [0.29, 0.717) is 27.8 Å². The Kier molecular flexibility index (Phi) is 28.5. The summed E-state index contributed by atoms with van der Waals surface area (Å²) in [6.45, 7) is 1.30. The van der Waals surface area contributed by atoms with E-state index >= 15 is 0 Å². The number of hydrogen-bond donors (Lipinski definition) is 17. The zero-order chi connectivity index (χ0) is 68.3. The van der Waals surface area contributed by atoms with Gasteiger partial charge >= 0.3 is 0 Å². The van der Waals surface area contributed by atoms with Crippen molar-refractivity contribution >= 4 is 92.5 Å². The highest BCUT2D eigenvalue weighted by atomic mass is 33.1. The van der Waals surface area contributed by atoms with E-state index in [1.807, 2.05) is 0 Å². The minimum absolute atomic E-state index is 0.0350. The summed E-state index contributed by atoms with van der Waals surface area (Å²) in [6, 6.07) is 21.8. The van der Waals surface area contributed by atoms with E-state index in [0.717, 1.165) is 21.6 Å². The second-order valence-corrected chi connectivity index (χ2v) is 24.8. The Labute approximate surface area is 550 Å². The Morgan fingerprint density at radius 3 is 1.44 bits per heavy atom. The molecule has 11 amide bonds. The number of aromatic hydroxyl groups is 2. The van der Waals surface area contributed by atoms with Crippen molar-refractivity contribution in [1.29, 1.82) is 5.41 Å². The molecule has 1 heterocycles. The summed E-state index contributed by atoms with van der Waals surface area (Å²) in [4.78, 5) is 157. The van der Waals surface area contributed by atoms with Gasteiger partial charge in [0.05, 0.1) is 12.5 Å². The standard InChI is InChI=1S/C64H79N15O13S2/c1-36-55(84)74-47(30-37-12-5-2-6-13-37)61(90)79-52(63(92)73-46(54(67)83)29-41-21-25-43(81)26-22-41)35-94-93-34-51(78-56(85)44(65)28-40-19-23-42(80)24-20-40)62(91)72-45(18-11-27-70-64(68)69)57(86)75-48(31-38-14-7-3-8-15-38)59(88)76-49(32-39-16-9-4-10-17-39)60(89)77-50(33-53(66)82)58(87)71-36/h2-10,12-17,19-26,36,44-52,80-81H,11,18,27-35,65H2,1H3,(H2,66,82)(H2,67,83)(H,71,87)(H,72,91)(H,73,92)(H,74,84)(H,75,86)(H,76,88)(H,77,89)(H,78,85)(H,79,90)(H4,68,69,70)/t36-,44-,45-,46-,47?,48-,49?,50-,51-,52-/m0/s1. The summed E-state index contributed by atoms with van der Waals surface area (Å²) in [7, 11) is 1.85. The predicted octanol–water partition coefficient (Wildman–Crippen LogP) is -1.66. The molecule has 6 rings (SSSR count). The molecule has 500 valence electrons. The highest BCUT2D eigenvalue weighted by Gasteiger charge is 2.36. The molecule has 28 nitrogen and oxygen atoms in total. The number of nitrogens with one attached hydrogen (secondary N) is 11. The molecule has 10 atom stereocenters. The number of phenolic OH excluding ortho intramolecular Hbond substituents is 2. The van der Waals surface area contributed by atoms with E-state index in [9.17, 15) is 63.0 Å². The molecule has 21 N–H and O–H groups in total. The molecule has 94 heavy (non-hydrogen) atoms. The van der Waals surface area contributed by atoms with Crippen LogP contribution in [0.25, 0.3) is 0 Å². The first kappa shape index (κ1) is 72.9. The molecule has 1 aliphatic heterocycles. The smallest absolute Gasteiger partial charge is 0.244 e. The van der Waals surface area contributed by atoms with Crippen molar-refractivity contribution in [2.75, 3.05) is 18.1 Å². The lowest BCUT2D eigenvalue weighted by Gasteiger charge is -2.28. The van der Waals surface area contributed by atoms with Gasteiger partial charge in [0, 0.05) is 43.7 Å². The zero-order valence-corrected chi connectivity index (χ0v) is 53.0. The molecule has 1 aliphatic rings. The molecule has 30 heteroatoms. The summed E-state index contributed by atoms with van der Waals surface area (Å²) >= 11 is 0. The first-order chi connectivity index (χ1) is 44.9. The summed E-state index contributed by atoms with van der Waals surface area (Å²) in [5.41, 5.74) is 26.1. The maximum Gasteiger partial charge on any atom is 0.244 e. The van der Waals surface area contributed by atoms with Gasteiger partial charge in [-0.05, 0) is 78.3 Å². The van der Waals surface area contributed by atoms with Crippen molar-refractivity contribution in [2.24, 2.45) is 22.9 Å². The molecule has 1 fully saturated rings. The van der Waals surface area contributed by atoms with Crippen molar-refractivity contribution in [1.82, 2.24) is 53.2 Å². The van der Waals surface area contributed by atoms with Crippen molar-refractivity contribution in [3.05, 3.63) is 167 Å². The van der Waals surface area contributed by atoms with Gasteiger partial charge in [-0.25, -0.2) is 0 Å². The highest BCUT2D eigenvalue weighted by Crippen LogP contribution is 2.24. The van der Waals surface area contributed by atoms with Gasteiger partial charge in [-0.1, -0.05) is 137 Å². The SMILES string of the molecule is C[C@@H]1NC(=O)[C@H](CC(N)=O)NC(=O)C(Cc2ccccc2)NC(=O)[C@H](Cc2ccccc2)NC(=O)[C@H](CCCNC(=N)N)NC(=O)[C@@H](NC(=O)[C@@H](N)Cc2ccc(O)cc2)CSSC[C@@H](C(=O)N[C@@H](Cc2ccc(O)cc2)C(N)=O)NC(=O)C(Cc2ccccc2)NC1=O. The van der Waals surface area contributed by atoms with Crippen LogP contribution in [0.1, 0.15) is 54.0 Å². The molecular formula is C64H79N15O13S2. The van der Waals surface area contributed by atoms with Gasteiger partial charge < -0.3 is 86.3 Å². The molecule has 0 bridgehead atoms. The van der Waals surface area contributed by atoms with Crippen LogP contribution in [-0.2, 0) is 84.8 Å². The van der Waals surface area contributed by atoms with Gasteiger partial charge in [0.25, 0.3) is 0 Å². The van der Waals surface area contributed by atoms with Crippen LogP contribution < -0.4 is 76.1 Å². The lowest BCUT2D eigenvalue weighted by atomic mass is 10.0. The molecule has 0 spiro atoms. The summed E-state index contributed by atoms with van der Waals surface area (Å²) in [5.74, 6) is -11.7. The minimum atomic E-state index is -1.77. The van der Waals surface area contributed by atoms with E-state index in [1.54, 1.807) is 103 Å². The van der Waals surface area contributed by atoms with Gasteiger partial charge in [-0.2, -0.15) is 0 Å². The van der Waals surface area contributed by atoms with Gasteiger partial charge in [-0.3, -0.25) is 58.1 Å². The van der Waals surface area contributed by atoms with Crippen LogP contribution >= 0.6 is 21.6 Å². The minimum Gasteiger partial charge on any atom is -0.508 e. The van der Waals surface area contributed by atoms with Crippen molar-refractivity contribution in [2.45, 2.75) is 119 Å². The fourth-order valence-corrected chi connectivity index (χ4v) is 12.0. The van der Waals surface area contributed by atoms with Crippen LogP contribution in [0.5, 0.6) is 11.5 Å². The first-order valence-electron chi connectivity index (χ1n) is 30.0. The molecule has 5 aromatic rings. The third-order valence-electron chi connectivity index (χ3n) is 14.7. The summed E-state index contributed by atoms with van der Waals surface area (Å²) in [5, 5.41) is 53.8. The van der Waals surface area contributed by atoms with Crippen LogP contribution in [-0.4, -0.2) is 160 Å². The number of nitrogens with two attached hydrogens (primary N) is 4. The van der Waals surface area contributed by atoms with Crippen LogP contribution in [0.15, 0.2) is 140 Å².